The zero-order chi connectivity index (χ0) is 16.8. The topological polar surface area (TPSA) is 111 Å². The van der Waals surface area contributed by atoms with E-state index in [1.165, 1.54) is 24.2 Å². The lowest BCUT2D eigenvalue weighted by Gasteiger charge is -2.22. The minimum atomic E-state index is -0.180. The van der Waals surface area contributed by atoms with E-state index in [-0.39, 0.29) is 5.91 Å². The summed E-state index contributed by atoms with van der Waals surface area (Å²) in [7, 11) is 0. The molecule has 0 radical (unpaired) electrons. The average Bonchev–Trinajstić information content (AvgIpc) is 3.21. The smallest absolute Gasteiger partial charge is 0.273 e. The molecular weight excluding hydrogens is 326 g/mol. The number of carbonyl (C=O) groups is 1. The van der Waals surface area contributed by atoms with E-state index in [4.69, 9.17) is 5.73 Å². The van der Waals surface area contributed by atoms with E-state index in [1.807, 2.05) is 5.38 Å². The number of hydrogen-bond acceptors (Lipinski definition) is 7. The number of nitrogens with two attached hydrogens (primary N) is 1. The second-order valence-corrected chi connectivity index (χ2v) is 6.96. The van der Waals surface area contributed by atoms with Gasteiger partial charge in [0, 0.05) is 18.5 Å². The van der Waals surface area contributed by atoms with E-state index in [1.54, 1.807) is 10.9 Å². The molecule has 1 amide bonds. The van der Waals surface area contributed by atoms with Gasteiger partial charge in [-0.1, -0.05) is 5.21 Å². The summed E-state index contributed by atoms with van der Waals surface area (Å²) in [5.41, 5.74) is 6.94. The van der Waals surface area contributed by atoms with Gasteiger partial charge in [-0.15, -0.1) is 16.4 Å². The Kier molecular flexibility index (Phi) is 5.76. The maximum absolute atomic E-state index is 12.1. The molecule has 3 rings (SSSR count). The summed E-state index contributed by atoms with van der Waals surface area (Å²) in [4.78, 5) is 16.3. The Morgan fingerprint density at radius 3 is 3.21 bits per heavy atom. The van der Waals surface area contributed by atoms with Gasteiger partial charge in [0.15, 0.2) is 10.8 Å². The predicted molar refractivity (Wildman–Crippen MR) is 92.8 cm³/mol. The molecule has 0 spiro atoms. The lowest BCUT2D eigenvalue weighted by Crippen LogP contribution is -2.32. The van der Waals surface area contributed by atoms with Crippen LogP contribution in [0.4, 0.5) is 5.13 Å². The van der Waals surface area contributed by atoms with Crippen molar-refractivity contribution >= 4 is 22.4 Å². The molecule has 2 aromatic heterocycles. The van der Waals surface area contributed by atoms with Gasteiger partial charge >= 0.3 is 0 Å². The Labute approximate surface area is 144 Å². The third-order valence-electron chi connectivity index (χ3n) is 4.08. The van der Waals surface area contributed by atoms with Gasteiger partial charge in [-0.2, -0.15) is 0 Å². The van der Waals surface area contributed by atoms with Gasteiger partial charge < -0.3 is 16.4 Å². The summed E-state index contributed by atoms with van der Waals surface area (Å²) < 4.78 is 1.77. The van der Waals surface area contributed by atoms with Crippen LogP contribution in [-0.2, 0) is 13.0 Å². The van der Waals surface area contributed by atoms with E-state index in [0.717, 1.165) is 38.2 Å². The Balaban J connectivity index is 1.40. The fourth-order valence-electron chi connectivity index (χ4n) is 2.84. The van der Waals surface area contributed by atoms with Crippen LogP contribution in [0.5, 0.6) is 0 Å². The number of aromatic nitrogens is 4. The van der Waals surface area contributed by atoms with Crippen LogP contribution in [0.3, 0.4) is 0 Å². The molecular formula is C15H23N7OS. The molecule has 1 atom stereocenters. The van der Waals surface area contributed by atoms with Gasteiger partial charge in [-0.05, 0) is 44.7 Å². The minimum Gasteiger partial charge on any atom is -0.375 e. The highest BCUT2D eigenvalue weighted by Gasteiger charge is 2.16. The van der Waals surface area contributed by atoms with Crippen LogP contribution >= 0.6 is 11.3 Å². The first kappa shape index (κ1) is 16.8. The fraction of sp³-hybridized carbons (Fsp3) is 0.600. The van der Waals surface area contributed by atoms with Gasteiger partial charge in [-0.3, -0.25) is 9.48 Å². The van der Waals surface area contributed by atoms with Crippen molar-refractivity contribution in [2.45, 2.75) is 32.2 Å². The molecule has 0 bridgehead atoms. The lowest BCUT2D eigenvalue weighted by molar-refractivity contribution is 0.0948. The number of nitrogens with one attached hydrogen (secondary N) is 2. The van der Waals surface area contributed by atoms with Crippen molar-refractivity contribution in [1.29, 1.82) is 0 Å². The molecule has 1 aliphatic rings. The summed E-state index contributed by atoms with van der Waals surface area (Å²) in [6.45, 7) is 3.48. The summed E-state index contributed by atoms with van der Waals surface area (Å²) in [6.07, 6.45) is 5.73. The van der Waals surface area contributed by atoms with Crippen LogP contribution in [0.2, 0.25) is 0 Å². The molecule has 24 heavy (non-hydrogen) atoms. The van der Waals surface area contributed by atoms with E-state index in [9.17, 15) is 4.79 Å². The molecule has 3 heterocycles. The van der Waals surface area contributed by atoms with Gasteiger partial charge in [0.1, 0.15) is 0 Å². The number of thiazole rings is 1. The Morgan fingerprint density at radius 2 is 2.46 bits per heavy atom. The van der Waals surface area contributed by atoms with Crippen molar-refractivity contribution < 1.29 is 4.79 Å². The van der Waals surface area contributed by atoms with E-state index < -0.39 is 0 Å². The van der Waals surface area contributed by atoms with Crippen LogP contribution < -0.4 is 16.4 Å². The molecule has 8 nitrogen and oxygen atoms in total. The standard InChI is InChI=1S/C15H23N7OS/c16-15-19-12(10-24-15)4-2-6-18-14(23)13-9-22(21-20-13)8-11-3-1-5-17-7-11/h9-11,17H,1-8H2,(H2,16,19)(H,18,23)/t11-/m1/s1. The average molecular weight is 349 g/mol. The predicted octanol–water partition coefficient (Wildman–Crippen LogP) is 0.679. The zero-order valence-electron chi connectivity index (χ0n) is 13.6. The number of rotatable bonds is 7. The van der Waals surface area contributed by atoms with Gasteiger partial charge in [0.05, 0.1) is 11.9 Å². The van der Waals surface area contributed by atoms with Gasteiger partial charge in [-0.25, -0.2) is 4.98 Å². The van der Waals surface area contributed by atoms with E-state index in [0.29, 0.717) is 23.3 Å². The van der Waals surface area contributed by atoms with E-state index >= 15 is 0 Å². The van der Waals surface area contributed by atoms with Crippen LogP contribution in [0.25, 0.3) is 0 Å². The number of piperidine rings is 1. The number of hydrogen-bond donors (Lipinski definition) is 3. The number of nitrogens with zero attached hydrogens (tertiary/aromatic N) is 4. The lowest BCUT2D eigenvalue weighted by atomic mass is 10.00. The van der Waals surface area contributed by atoms with Crippen LogP contribution in [-0.4, -0.2) is 45.5 Å². The largest absolute Gasteiger partial charge is 0.375 e. The van der Waals surface area contributed by atoms with Crippen LogP contribution in [0, 0.1) is 5.92 Å². The first-order valence-electron chi connectivity index (χ1n) is 8.29. The van der Waals surface area contributed by atoms with Crippen molar-refractivity contribution in [3.8, 4) is 0 Å². The second kappa shape index (κ2) is 8.20. The highest BCUT2D eigenvalue weighted by atomic mass is 32.1. The third kappa shape index (κ3) is 4.75. The number of nitrogen functional groups attached to an aromatic ring is 1. The molecule has 0 unspecified atom stereocenters. The zero-order valence-corrected chi connectivity index (χ0v) is 14.4. The van der Waals surface area contributed by atoms with Crippen molar-refractivity contribution in [3.63, 3.8) is 0 Å². The highest BCUT2D eigenvalue weighted by Crippen LogP contribution is 2.13. The van der Waals surface area contributed by atoms with Crippen LogP contribution in [0.15, 0.2) is 11.6 Å². The number of aryl methyl sites for hydroxylation is 1. The number of anilines is 1. The molecule has 4 N–H and O–H groups in total. The van der Waals surface area contributed by atoms with Gasteiger partial charge in [0.2, 0.25) is 0 Å². The fourth-order valence-corrected chi connectivity index (χ4v) is 3.43. The molecule has 0 aliphatic carbocycles. The number of amides is 1. The summed E-state index contributed by atoms with van der Waals surface area (Å²) in [6, 6.07) is 0. The molecule has 9 heteroatoms. The minimum absolute atomic E-state index is 0.180. The number of carbonyl (C=O) groups excluding carboxylic acids is 1. The molecule has 1 fully saturated rings. The monoisotopic (exact) mass is 349 g/mol. The molecule has 0 aromatic carbocycles. The Morgan fingerprint density at radius 1 is 1.54 bits per heavy atom. The Hall–Kier alpha value is -2.00. The van der Waals surface area contributed by atoms with Gasteiger partial charge in [0.25, 0.3) is 5.91 Å². The van der Waals surface area contributed by atoms with Crippen molar-refractivity contribution in [3.05, 3.63) is 23.0 Å². The van der Waals surface area contributed by atoms with Crippen molar-refractivity contribution in [2.75, 3.05) is 25.4 Å². The van der Waals surface area contributed by atoms with Crippen LogP contribution in [0.1, 0.15) is 35.4 Å². The normalized spacial score (nSPS) is 17.8. The first-order chi connectivity index (χ1) is 11.7. The SMILES string of the molecule is Nc1nc(CCCNC(=O)c2cn(C[C@@H]3CCCNC3)nn2)cs1. The molecule has 1 saturated heterocycles. The molecule has 2 aromatic rings. The second-order valence-electron chi connectivity index (χ2n) is 6.07. The highest BCUT2D eigenvalue weighted by molar-refractivity contribution is 7.13. The summed E-state index contributed by atoms with van der Waals surface area (Å²) in [5.74, 6) is 0.378. The van der Waals surface area contributed by atoms with Crippen molar-refractivity contribution in [1.82, 2.24) is 30.6 Å². The van der Waals surface area contributed by atoms with Crippen molar-refractivity contribution in [2.24, 2.45) is 5.92 Å². The maximum Gasteiger partial charge on any atom is 0.273 e. The molecule has 130 valence electrons. The maximum atomic E-state index is 12.1. The summed E-state index contributed by atoms with van der Waals surface area (Å²) >= 11 is 1.44. The molecule has 0 saturated carbocycles. The third-order valence-corrected chi connectivity index (χ3v) is 4.80. The molecule has 1 aliphatic heterocycles. The summed E-state index contributed by atoms with van der Waals surface area (Å²) in [5, 5.41) is 16.8. The van der Waals surface area contributed by atoms with E-state index in [2.05, 4.69) is 25.9 Å². The Bertz CT molecular complexity index is 662. The first-order valence-corrected chi connectivity index (χ1v) is 9.17. The quantitative estimate of drug-likeness (QED) is 0.634.